The van der Waals surface area contributed by atoms with Crippen LogP contribution >= 0.6 is 0 Å². The summed E-state index contributed by atoms with van der Waals surface area (Å²) < 4.78 is 5.51. The first-order valence-corrected chi connectivity index (χ1v) is 6.49. The van der Waals surface area contributed by atoms with Gasteiger partial charge in [-0.05, 0) is 31.2 Å². The van der Waals surface area contributed by atoms with E-state index in [-0.39, 0.29) is 0 Å². The van der Waals surface area contributed by atoms with E-state index in [1.165, 1.54) is 19.2 Å². The highest BCUT2D eigenvalue weighted by molar-refractivity contribution is 5.54. The van der Waals surface area contributed by atoms with Gasteiger partial charge in [0.05, 0.1) is 5.69 Å². The second-order valence-corrected chi connectivity index (χ2v) is 5.23. The molecule has 0 N–H and O–H groups in total. The van der Waals surface area contributed by atoms with E-state index >= 15 is 0 Å². The molecule has 94 valence electrons. The van der Waals surface area contributed by atoms with Crippen LogP contribution in [0.15, 0.2) is 23.1 Å². The van der Waals surface area contributed by atoms with Crippen molar-refractivity contribution >= 4 is 0 Å². The van der Waals surface area contributed by atoms with Gasteiger partial charge in [-0.15, -0.1) is 0 Å². The maximum Gasteiger partial charge on any atom is 0.181 e. The fourth-order valence-electron chi connectivity index (χ4n) is 2.00. The van der Waals surface area contributed by atoms with Crippen LogP contribution in [0.4, 0.5) is 0 Å². The van der Waals surface area contributed by atoms with E-state index in [1.54, 1.807) is 6.20 Å². The van der Waals surface area contributed by atoms with Crippen LogP contribution in [-0.4, -0.2) is 15.0 Å². The van der Waals surface area contributed by atoms with Gasteiger partial charge < -0.3 is 4.42 Å². The summed E-state index contributed by atoms with van der Waals surface area (Å²) >= 11 is 0. The lowest BCUT2D eigenvalue weighted by molar-refractivity contribution is 0.567. The van der Waals surface area contributed by atoms with Crippen LogP contribution in [0.25, 0.3) is 11.5 Å². The minimum atomic E-state index is 0.319. The Morgan fingerprint density at radius 2 is 2.17 bits per heavy atom. The predicted octanol–water partition coefficient (Wildman–Crippen LogP) is 3.21. The van der Waals surface area contributed by atoms with Crippen LogP contribution in [0.2, 0.25) is 0 Å². The van der Waals surface area contributed by atoms with Gasteiger partial charge in [-0.1, -0.05) is 13.8 Å². The Balaban J connectivity index is 1.93. The van der Waals surface area contributed by atoms with Crippen LogP contribution < -0.4 is 0 Å². The molecular formula is C14H17N3O. The third kappa shape index (κ3) is 2.28. The molecule has 0 saturated heterocycles. The SMILES string of the molecule is CC(C)c1nccc(-c2ocnc2CC2CC2)n1. The van der Waals surface area contributed by atoms with E-state index in [1.807, 2.05) is 6.07 Å². The molecule has 4 nitrogen and oxygen atoms in total. The highest BCUT2D eigenvalue weighted by Crippen LogP contribution is 2.34. The Hall–Kier alpha value is -1.71. The molecule has 2 aromatic rings. The van der Waals surface area contributed by atoms with Crippen molar-refractivity contribution in [1.82, 2.24) is 15.0 Å². The summed E-state index contributed by atoms with van der Waals surface area (Å²) in [5.74, 6) is 2.77. The van der Waals surface area contributed by atoms with Gasteiger partial charge >= 0.3 is 0 Å². The van der Waals surface area contributed by atoms with E-state index < -0.39 is 0 Å². The van der Waals surface area contributed by atoms with Gasteiger partial charge in [-0.2, -0.15) is 0 Å². The van der Waals surface area contributed by atoms with Crippen molar-refractivity contribution in [2.24, 2.45) is 5.92 Å². The summed E-state index contributed by atoms with van der Waals surface area (Å²) in [6, 6.07) is 1.89. The monoisotopic (exact) mass is 243 g/mol. The zero-order chi connectivity index (χ0) is 12.5. The molecule has 1 fully saturated rings. The van der Waals surface area contributed by atoms with Crippen molar-refractivity contribution in [3.8, 4) is 11.5 Å². The van der Waals surface area contributed by atoms with Crippen molar-refractivity contribution in [3.63, 3.8) is 0 Å². The van der Waals surface area contributed by atoms with E-state index in [0.717, 1.165) is 35.3 Å². The number of oxazole rings is 1. The van der Waals surface area contributed by atoms with Crippen LogP contribution in [0.3, 0.4) is 0 Å². The molecule has 3 rings (SSSR count). The van der Waals surface area contributed by atoms with Crippen LogP contribution in [0.1, 0.15) is 44.1 Å². The van der Waals surface area contributed by atoms with E-state index in [2.05, 4.69) is 28.8 Å². The molecule has 0 spiro atoms. The maximum atomic E-state index is 5.51. The molecule has 4 heteroatoms. The minimum Gasteiger partial charge on any atom is -0.442 e. The number of nitrogens with zero attached hydrogens (tertiary/aromatic N) is 3. The summed E-state index contributed by atoms with van der Waals surface area (Å²) in [4.78, 5) is 13.2. The highest BCUT2D eigenvalue weighted by Gasteiger charge is 2.25. The zero-order valence-electron chi connectivity index (χ0n) is 10.8. The molecule has 0 unspecified atom stereocenters. The molecule has 2 heterocycles. The first-order chi connectivity index (χ1) is 8.74. The molecule has 2 aromatic heterocycles. The first-order valence-electron chi connectivity index (χ1n) is 6.49. The molecule has 0 radical (unpaired) electrons. The van der Waals surface area contributed by atoms with E-state index in [4.69, 9.17) is 4.42 Å². The zero-order valence-corrected chi connectivity index (χ0v) is 10.8. The summed E-state index contributed by atoms with van der Waals surface area (Å²) in [5.41, 5.74) is 1.88. The molecular weight excluding hydrogens is 226 g/mol. The molecule has 1 aliphatic rings. The quantitative estimate of drug-likeness (QED) is 0.827. The normalized spacial score (nSPS) is 15.3. The molecule has 0 aromatic carbocycles. The topological polar surface area (TPSA) is 51.8 Å². The molecule has 18 heavy (non-hydrogen) atoms. The average molecular weight is 243 g/mol. The van der Waals surface area contributed by atoms with Crippen LogP contribution in [-0.2, 0) is 6.42 Å². The molecule has 1 saturated carbocycles. The standard InChI is InChI=1S/C14H17N3O/c1-9(2)14-15-6-5-11(17-14)13-12(16-8-18-13)7-10-3-4-10/h5-6,8-10H,3-4,7H2,1-2H3. The minimum absolute atomic E-state index is 0.319. The Morgan fingerprint density at radius 1 is 1.33 bits per heavy atom. The van der Waals surface area contributed by atoms with Crippen molar-refractivity contribution in [1.29, 1.82) is 0 Å². The van der Waals surface area contributed by atoms with Gasteiger partial charge in [0.25, 0.3) is 0 Å². The fourth-order valence-corrected chi connectivity index (χ4v) is 2.00. The van der Waals surface area contributed by atoms with Gasteiger partial charge in [0.1, 0.15) is 11.5 Å². The van der Waals surface area contributed by atoms with Gasteiger partial charge in [-0.3, -0.25) is 0 Å². The second kappa shape index (κ2) is 4.52. The summed E-state index contributed by atoms with van der Waals surface area (Å²) in [6.45, 7) is 4.18. The van der Waals surface area contributed by atoms with E-state index in [9.17, 15) is 0 Å². The summed E-state index contributed by atoms with van der Waals surface area (Å²) in [7, 11) is 0. The lowest BCUT2D eigenvalue weighted by atomic mass is 10.1. The smallest absolute Gasteiger partial charge is 0.181 e. The average Bonchev–Trinajstić information content (AvgIpc) is 3.06. The molecule has 0 amide bonds. The van der Waals surface area contributed by atoms with Crippen LogP contribution in [0.5, 0.6) is 0 Å². The Labute approximate surface area is 106 Å². The maximum absolute atomic E-state index is 5.51. The van der Waals surface area contributed by atoms with Gasteiger partial charge in [0.15, 0.2) is 12.2 Å². The van der Waals surface area contributed by atoms with Crippen molar-refractivity contribution in [2.45, 2.75) is 39.0 Å². The number of rotatable bonds is 4. The van der Waals surface area contributed by atoms with E-state index in [0.29, 0.717) is 5.92 Å². The largest absolute Gasteiger partial charge is 0.442 e. The summed E-state index contributed by atoms with van der Waals surface area (Å²) in [5, 5.41) is 0. The van der Waals surface area contributed by atoms with Gasteiger partial charge in [-0.25, -0.2) is 15.0 Å². The molecule has 0 bridgehead atoms. The Bertz CT molecular complexity index is 543. The van der Waals surface area contributed by atoms with Crippen molar-refractivity contribution in [3.05, 3.63) is 30.2 Å². The number of aromatic nitrogens is 3. The Kier molecular flexibility index (Phi) is 2.86. The second-order valence-electron chi connectivity index (χ2n) is 5.23. The summed E-state index contributed by atoms with van der Waals surface area (Å²) in [6.07, 6.45) is 6.94. The highest BCUT2D eigenvalue weighted by atomic mass is 16.3. The first kappa shape index (κ1) is 11.4. The lowest BCUT2D eigenvalue weighted by Gasteiger charge is -2.05. The van der Waals surface area contributed by atoms with Crippen LogP contribution in [0, 0.1) is 5.92 Å². The number of hydrogen-bond acceptors (Lipinski definition) is 4. The van der Waals surface area contributed by atoms with Gasteiger partial charge in [0.2, 0.25) is 0 Å². The fraction of sp³-hybridized carbons (Fsp3) is 0.500. The number of hydrogen-bond donors (Lipinski definition) is 0. The third-order valence-electron chi connectivity index (χ3n) is 3.24. The predicted molar refractivity (Wildman–Crippen MR) is 68.0 cm³/mol. The molecule has 0 atom stereocenters. The Morgan fingerprint density at radius 3 is 2.89 bits per heavy atom. The van der Waals surface area contributed by atoms with Gasteiger partial charge in [0, 0.05) is 12.1 Å². The van der Waals surface area contributed by atoms with Crippen molar-refractivity contribution < 1.29 is 4.42 Å². The third-order valence-corrected chi connectivity index (χ3v) is 3.24. The molecule has 0 aliphatic heterocycles. The molecule has 1 aliphatic carbocycles. The van der Waals surface area contributed by atoms with Crippen molar-refractivity contribution in [2.75, 3.05) is 0 Å². The lowest BCUT2D eigenvalue weighted by Crippen LogP contribution is -1.99.